The summed E-state index contributed by atoms with van der Waals surface area (Å²) < 4.78 is 0. The van der Waals surface area contributed by atoms with E-state index in [9.17, 15) is 0 Å². The highest BCUT2D eigenvalue weighted by Gasteiger charge is 1.98. The van der Waals surface area contributed by atoms with Crippen molar-refractivity contribution in [2.24, 2.45) is 10.7 Å². The first-order valence-corrected chi connectivity index (χ1v) is 4.09. The molecule has 0 saturated carbocycles. The van der Waals surface area contributed by atoms with Gasteiger partial charge in [0.25, 0.3) is 0 Å². The van der Waals surface area contributed by atoms with Crippen LogP contribution >= 0.6 is 11.6 Å². The summed E-state index contributed by atoms with van der Waals surface area (Å²) in [6, 6.07) is 0. The minimum atomic E-state index is 0.343. The van der Waals surface area contributed by atoms with Gasteiger partial charge in [-0.2, -0.15) is 0 Å². The molecule has 0 unspecified atom stereocenters. The van der Waals surface area contributed by atoms with E-state index in [0.29, 0.717) is 16.6 Å². The number of hydrogen-bond donors (Lipinski definition) is 1. The van der Waals surface area contributed by atoms with E-state index in [1.807, 2.05) is 13.8 Å². The smallest absolute Gasteiger partial charge is 0.128 e. The number of aliphatic imine (C=N–C) groups is 1. The van der Waals surface area contributed by atoms with Gasteiger partial charge < -0.3 is 5.73 Å². The van der Waals surface area contributed by atoms with Crippen LogP contribution in [0, 0.1) is 0 Å². The van der Waals surface area contributed by atoms with Crippen LogP contribution in [-0.2, 0) is 0 Å². The van der Waals surface area contributed by atoms with Gasteiger partial charge in [-0.05, 0) is 19.4 Å². The molecule has 0 aliphatic carbocycles. The zero-order valence-corrected chi connectivity index (χ0v) is 8.65. The van der Waals surface area contributed by atoms with Gasteiger partial charge in [-0.3, -0.25) is 0 Å². The zero-order valence-electron chi connectivity index (χ0n) is 7.89. The summed E-state index contributed by atoms with van der Waals surface area (Å²) in [6.07, 6.45) is 1.54. The molecule has 3 heteroatoms. The average molecular weight is 197 g/mol. The van der Waals surface area contributed by atoms with Crippen molar-refractivity contribution in [1.29, 1.82) is 0 Å². The zero-order chi connectivity index (χ0) is 10.4. The first-order chi connectivity index (χ1) is 5.99. The number of hydrogen-bond acceptors (Lipinski definition) is 2. The monoisotopic (exact) mass is 196 g/mol. The van der Waals surface area contributed by atoms with Gasteiger partial charge in [-0.1, -0.05) is 24.8 Å². The molecule has 0 radical (unpaired) electrons. The summed E-state index contributed by atoms with van der Waals surface area (Å²) in [5.41, 5.74) is 9.78. The van der Waals surface area contributed by atoms with E-state index in [2.05, 4.69) is 23.9 Å². The van der Waals surface area contributed by atoms with Gasteiger partial charge in [0.05, 0.1) is 11.4 Å². The van der Waals surface area contributed by atoms with Gasteiger partial charge >= 0.3 is 0 Å². The molecule has 13 heavy (non-hydrogen) atoms. The van der Waals surface area contributed by atoms with Crippen LogP contribution in [0.2, 0.25) is 0 Å². The Hall–Kier alpha value is -1.24. The Morgan fingerprint density at radius 3 is 2.38 bits per heavy atom. The van der Waals surface area contributed by atoms with Gasteiger partial charge in [-0.25, -0.2) is 4.99 Å². The predicted octanol–water partition coefficient (Wildman–Crippen LogP) is 2.73. The number of rotatable bonds is 3. The second kappa shape index (κ2) is 5.41. The van der Waals surface area contributed by atoms with Crippen molar-refractivity contribution < 1.29 is 0 Å². The SMILES string of the molecule is C=C=CC(=NC(Cl)=C(C)C)C(=C)N. The molecule has 0 amide bonds. The van der Waals surface area contributed by atoms with Crippen LogP contribution in [-0.4, -0.2) is 5.71 Å². The van der Waals surface area contributed by atoms with Gasteiger partial charge in [0.1, 0.15) is 5.16 Å². The molecule has 0 aromatic heterocycles. The maximum absolute atomic E-state index is 5.82. The lowest BCUT2D eigenvalue weighted by molar-refractivity contribution is 1.30. The third-order valence-electron chi connectivity index (χ3n) is 1.20. The van der Waals surface area contributed by atoms with E-state index >= 15 is 0 Å². The first kappa shape index (κ1) is 11.8. The van der Waals surface area contributed by atoms with Gasteiger partial charge in [0, 0.05) is 6.08 Å². The van der Waals surface area contributed by atoms with Crippen LogP contribution in [0.5, 0.6) is 0 Å². The molecule has 0 aromatic rings. The Labute approximate surface area is 83.8 Å². The van der Waals surface area contributed by atoms with Crippen molar-refractivity contribution in [3.05, 3.63) is 41.4 Å². The van der Waals surface area contributed by atoms with Gasteiger partial charge in [-0.15, -0.1) is 5.73 Å². The summed E-state index contributed by atoms with van der Waals surface area (Å²) in [5.74, 6) is 0. The summed E-state index contributed by atoms with van der Waals surface area (Å²) in [7, 11) is 0. The molecule has 0 bridgehead atoms. The van der Waals surface area contributed by atoms with Crippen molar-refractivity contribution in [2.45, 2.75) is 13.8 Å². The van der Waals surface area contributed by atoms with Crippen LogP contribution < -0.4 is 5.73 Å². The molecule has 0 saturated heterocycles. The van der Waals surface area contributed by atoms with Crippen LogP contribution in [0.4, 0.5) is 0 Å². The molecule has 2 nitrogen and oxygen atoms in total. The van der Waals surface area contributed by atoms with Gasteiger partial charge in [0.2, 0.25) is 0 Å². The van der Waals surface area contributed by atoms with Crippen molar-refractivity contribution in [3.8, 4) is 0 Å². The van der Waals surface area contributed by atoms with Crippen LogP contribution in [0.15, 0.2) is 46.4 Å². The van der Waals surface area contributed by atoms with E-state index < -0.39 is 0 Å². The van der Waals surface area contributed by atoms with E-state index in [0.717, 1.165) is 5.57 Å². The van der Waals surface area contributed by atoms with Crippen molar-refractivity contribution in [2.75, 3.05) is 0 Å². The molecule has 2 N–H and O–H groups in total. The number of nitrogens with zero attached hydrogens (tertiary/aromatic N) is 1. The molecule has 0 spiro atoms. The lowest BCUT2D eigenvalue weighted by Gasteiger charge is -1.99. The van der Waals surface area contributed by atoms with Gasteiger partial charge in [0.15, 0.2) is 0 Å². The second-order valence-corrected chi connectivity index (χ2v) is 3.02. The highest BCUT2D eigenvalue weighted by Crippen LogP contribution is 2.11. The molecule has 70 valence electrons. The lowest BCUT2D eigenvalue weighted by Crippen LogP contribution is -2.06. The van der Waals surface area contributed by atoms with Crippen molar-refractivity contribution in [1.82, 2.24) is 0 Å². The predicted molar refractivity (Wildman–Crippen MR) is 58.7 cm³/mol. The van der Waals surface area contributed by atoms with Crippen LogP contribution in [0.1, 0.15) is 13.8 Å². The maximum Gasteiger partial charge on any atom is 0.128 e. The minimum Gasteiger partial charge on any atom is -0.397 e. The molecule has 0 rings (SSSR count). The fourth-order valence-electron chi connectivity index (χ4n) is 0.511. The fourth-order valence-corrected chi connectivity index (χ4v) is 0.602. The topological polar surface area (TPSA) is 38.4 Å². The molecule has 0 atom stereocenters. The standard InChI is InChI=1S/C10H13ClN2/c1-5-6-9(8(4)12)13-10(11)7(2)3/h6H,1,4,12H2,2-3H3. The van der Waals surface area contributed by atoms with E-state index in [1.54, 1.807) is 0 Å². The summed E-state index contributed by atoms with van der Waals surface area (Å²) in [4.78, 5) is 4.04. The third-order valence-corrected chi connectivity index (χ3v) is 1.66. The second-order valence-electron chi connectivity index (χ2n) is 2.66. The van der Waals surface area contributed by atoms with Crippen LogP contribution in [0.25, 0.3) is 0 Å². The Balaban J connectivity index is 5.07. The largest absolute Gasteiger partial charge is 0.397 e. The molecular formula is C10H13ClN2. The number of halogens is 1. The molecule has 0 aromatic carbocycles. The lowest BCUT2D eigenvalue weighted by atomic mass is 10.3. The summed E-state index contributed by atoms with van der Waals surface area (Å²) >= 11 is 5.82. The summed E-state index contributed by atoms with van der Waals surface area (Å²) in [6.45, 7) is 10.7. The van der Waals surface area contributed by atoms with E-state index in [4.69, 9.17) is 17.3 Å². The highest BCUT2D eigenvalue weighted by molar-refractivity contribution is 6.31. The molecule has 0 aliphatic heterocycles. The Bertz CT molecular complexity index is 310. The highest BCUT2D eigenvalue weighted by atomic mass is 35.5. The molecular weight excluding hydrogens is 184 g/mol. The Morgan fingerprint density at radius 1 is 1.54 bits per heavy atom. The van der Waals surface area contributed by atoms with Crippen LogP contribution in [0.3, 0.4) is 0 Å². The third kappa shape index (κ3) is 4.36. The molecule has 0 heterocycles. The maximum atomic E-state index is 5.82. The quantitative estimate of drug-likeness (QED) is 0.421. The Kier molecular flexibility index (Phi) is 4.90. The molecule has 0 fully saturated rings. The van der Waals surface area contributed by atoms with E-state index in [1.165, 1.54) is 6.08 Å². The number of allylic oxidation sites excluding steroid dienone is 2. The minimum absolute atomic E-state index is 0.343. The first-order valence-electron chi connectivity index (χ1n) is 3.71. The normalized spacial score (nSPS) is 10.2. The molecule has 0 aliphatic rings. The average Bonchev–Trinajstić information content (AvgIpc) is 2.03. The number of nitrogens with two attached hydrogens (primary N) is 1. The van der Waals surface area contributed by atoms with Crippen molar-refractivity contribution >= 4 is 17.3 Å². The van der Waals surface area contributed by atoms with Crippen molar-refractivity contribution in [3.63, 3.8) is 0 Å². The Morgan fingerprint density at radius 2 is 2.08 bits per heavy atom. The fraction of sp³-hybridized carbons (Fsp3) is 0.200. The summed E-state index contributed by atoms with van der Waals surface area (Å²) in [5, 5.41) is 0.410. The van der Waals surface area contributed by atoms with E-state index in [-0.39, 0.29) is 0 Å².